The highest BCUT2D eigenvalue weighted by molar-refractivity contribution is 5.95. The number of aromatic amines is 1. The lowest BCUT2D eigenvalue weighted by Gasteiger charge is -2.03. The summed E-state index contributed by atoms with van der Waals surface area (Å²) >= 11 is 0. The number of hydrogen-bond acceptors (Lipinski definition) is 5. The number of nitro benzene ring substituents is 1. The molecule has 3 rings (SSSR count). The van der Waals surface area contributed by atoms with E-state index in [1.807, 2.05) is 25.1 Å². The minimum absolute atomic E-state index is 0.108. The Morgan fingerprint density at radius 2 is 1.96 bits per heavy atom. The van der Waals surface area contributed by atoms with Gasteiger partial charge in [-0.3, -0.25) is 19.7 Å². The normalized spacial score (nSPS) is 11.0. The van der Waals surface area contributed by atoms with Crippen LogP contribution in [0, 0.1) is 17.0 Å². The average Bonchev–Trinajstić information content (AvgIpc) is 2.63. The summed E-state index contributed by atoms with van der Waals surface area (Å²) < 4.78 is 0. The number of amides is 1. The predicted octanol–water partition coefficient (Wildman–Crippen LogP) is 2.51. The maximum absolute atomic E-state index is 12.1. The molecule has 130 valence electrons. The van der Waals surface area contributed by atoms with Crippen molar-refractivity contribution >= 4 is 28.7 Å². The van der Waals surface area contributed by atoms with Crippen molar-refractivity contribution < 1.29 is 9.72 Å². The molecule has 8 heteroatoms. The van der Waals surface area contributed by atoms with Crippen molar-refractivity contribution in [2.24, 2.45) is 5.10 Å². The number of nitrogens with zero attached hydrogens (tertiary/aromatic N) is 2. The summed E-state index contributed by atoms with van der Waals surface area (Å²) in [6.45, 7) is 1.90. The highest BCUT2D eigenvalue weighted by Gasteiger charge is 2.09. The van der Waals surface area contributed by atoms with Crippen LogP contribution < -0.4 is 11.0 Å². The molecule has 0 radical (unpaired) electrons. The molecule has 0 aliphatic carbocycles. The second-order valence-electron chi connectivity index (χ2n) is 5.60. The van der Waals surface area contributed by atoms with Crippen molar-refractivity contribution in [1.29, 1.82) is 0 Å². The van der Waals surface area contributed by atoms with Gasteiger partial charge in [0, 0.05) is 17.7 Å². The van der Waals surface area contributed by atoms with Crippen molar-refractivity contribution in [3.05, 3.63) is 85.7 Å². The van der Waals surface area contributed by atoms with E-state index in [1.54, 1.807) is 6.07 Å². The van der Waals surface area contributed by atoms with Crippen molar-refractivity contribution in [3.63, 3.8) is 0 Å². The first kappa shape index (κ1) is 17.0. The van der Waals surface area contributed by atoms with E-state index in [2.05, 4.69) is 15.5 Å². The molecular weight excluding hydrogens is 336 g/mol. The number of aromatic nitrogens is 1. The molecule has 1 aromatic heterocycles. The number of para-hydroxylation sites is 1. The molecule has 0 bridgehead atoms. The SMILES string of the molecule is Cc1cccc2cc(C=NNC(=O)c3ccc([N+](=O)[O-])cc3)c(=O)[nH]c12. The number of nitro groups is 1. The Hall–Kier alpha value is -3.81. The van der Waals surface area contributed by atoms with Crippen LogP contribution in [-0.2, 0) is 0 Å². The van der Waals surface area contributed by atoms with Crippen LogP contribution in [0.5, 0.6) is 0 Å². The summed E-state index contributed by atoms with van der Waals surface area (Å²) in [4.78, 5) is 36.9. The average molecular weight is 350 g/mol. The minimum atomic E-state index is -0.548. The van der Waals surface area contributed by atoms with Crippen LogP contribution >= 0.6 is 0 Å². The van der Waals surface area contributed by atoms with Gasteiger partial charge < -0.3 is 4.98 Å². The van der Waals surface area contributed by atoms with Crippen molar-refractivity contribution in [2.45, 2.75) is 6.92 Å². The highest BCUT2D eigenvalue weighted by Crippen LogP contribution is 2.14. The topological polar surface area (TPSA) is 117 Å². The number of carbonyl (C=O) groups is 1. The zero-order chi connectivity index (χ0) is 18.7. The van der Waals surface area contributed by atoms with E-state index in [9.17, 15) is 19.7 Å². The number of benzene rings is 2. The first-order chi connectivity index (χ1) is 12.5. The van der Waals surface area contributed by atoms with E-state index in [4.69, 9.17) is 0 Å². The third-order valence-electron chi connectivity index (χ3n) is 3.83. The summed E-state index contributed by atoms with van der Waals surface area (Å²) in [7, 11) is 0. The van der Waals surface area contributed by atoms with Gasteiger partial charge in [0.25, 0.3) is 17.2 Å². The summed E-state index contributed by atoms with van der Waals surface area (Å²) in [5, 5.41) is 15.2. The van der Waals surface area contributed by atoms with Gasteiger partial charge in [-0.2, -0.15) is 5.10 Å². The Kier molecular flexibility index (Phi) is 4.57. The van der Waals surface area contributed by atoms with Gasteiger partial charge in [-0.05, 0) is 36.1 Å². The number of pyridine rings is 1. The number of nitrogens with one attached hydrogen (secondary N) is 2. The number of aryl methyl sites for hydroxylation is 1. The smallest absolute Gasteiger partial charge is 0.271 e. The zero-order valence-electron chi connectivity index (χ0n) is 13.7. The Bertz CT molecular complexity index is 1080. The largest absolute Gasteiger partial charge is 0.321 e. The zero-order valence-corrected chi connectivity index (χ0v) is 13.7. The van der Waals surface area contributed by atoms with Gasteiger partial charge in [-0.25, -0.2) is 5.43 Å². The van der Waals surface area contributed by atoms with Crippen LogP contribution in [-0.4, -0.2) is 22.0 Å². The molecule has 2 N–H and O–H groups in total. The molecule has 3 aromatic rings. The molecule has 0 unspecified atom stereocenters. The lowest BCUT2D eigenvalue weighted by atomic mass is 10.1. The van der Waals surface area contributed by atoms with E-state index in [-0.39, 0.29) is 16.8 Å². The van der Waals surface area contributed by atoms with E-state index in [0.717, 1.165) is 16.5 Å². The fourth-order valence-corrected chi connectivity index (χ4v) is 2.46. The van der Waals surface area contributed by atoms with Crippen molar-refractivity contribution in [2.75, 3.05) is 0 Å². The number of non-ortho nitro benzene ring substituents is 1. The molecule has 2 aromatic carbocycles. The molecule has 26 heavy (non-hydrogen) atoms. The fraction of sp³-hybridized carbons (Fsp3) is 0.0556. The monoisotopic (exact) mass is 350 g/mol. The predicted molar refractivity (Wildman–Crippen MR) is 97.5 cm³/mol. The van der Waals surface area contributed by atoms with Crippen LogP contribution in [0.1, 0.15) is 21.5 Å². The lowest BCUT2D eigenvalue weighted by molar-refractivity contribution is -0.384. The summed E-state index contributed by atoms with van der Waals surface area (Å²) in [6, 6.07) is 12.4. The maximum Gasteiger partial charge on any atom is 0.271 e. The molecule has 0 saturated heterocycles. The van der Waals surface area contributed by atoms with Gasteiger partial charge in [0.05, 0.1) is 22.2 Å². The summed E-state index contributed by atoms with van der Waals surface area (Å²) in [6.07, 6.45) is 1.25. The van der Waals surface area contributed by atoms with Crippen molar-refractivity contribution in [1.82, 2.24) is 10.4 Å². The van der Waals surface area contributed by atoms with Gasteiger partial charge in [-0.15, -0.1) is 0 Å². The molecule has 0 atom stereocenters. The molecule has 0 fully saturated rings. The number of rotatable bonds is 4. The number of hydrogen-bond donors (Lipinski definition) is 2. The first-order valence-electron chi connectivity index (χ1n) is 7.66. The van der Waals surface area contributed by atoms with Crippen LogP contribution in [0.15, 0.2) is 58.4 Å². The van der Waals surface area contributed by atoms with Gasteiger partial charge in [0.1, 0.15) is 0 Å². The number of H-pyrrole nitrogens is 1. The third kappa shape index (κ3) is 3.48. The van der Waals surface area contributed by atoms with E-state index >= 15 is 0 Å². The second-order valence-corrected chi connectivity index (χ2v) is 5.60. The fourth-order valence-electron chi connectivity index (χ4n) is 2.46. The second kappa shape index (κ2) is 6.98. The van der Waals surface area contributed by atoms with Crippen molar-refractivity contribution in [3.8, 4) is 0 Å². The first-order valence-corrected chi connectivity index (χ1v) is 7.66. The number of carbonyl (C=O) groups excluding carboxylic acids is 1. The lowest BCUT2D eigenvalue weighted by Crippen LogP contribution is -2.19. The standard InChI is InChI=1S/C18H14N4O4/c1-11-3-2-4-13-9-14(17(23)20-16(11)13)10-19-21-18(24)12-5-7-15(8-6-12)22(25)26/h2-10H,1H3,(H,20,23)(H,21,24). The Morgan fingerprint density at radius 1 is 1.23 bits per heavy atom. The molecule has 1 heterocycles. The van der Waals surface area contributed by atoms with Crippen LogP contribution in [0.4, 0.5) is 5.69 Å². The van der Waals surface area contributed by atoms with Gasteiger partial charge in [-0.1, -0.05) is 18.2 Å². The Morgan fingerprint density at radius 3 is 2.65 bits per heavy atom. The minimum Gasteiger partial charge on any atom is -0.321 e. The Balaban J connectivity index is 1.77. The van der Waals surface area contributed by atoms with Crippen LogP contribution in [0.3, 0.4) is 0 Å². The van der Waals surface area contributed by atoms with E-state index in [0.29, 0.717) is 5.56 Å². The maximum atomic E-state index is 12.1. The molecule has 0 saturated carbocycles. The molecular formula is C18H14N4O4. The van der Waals surface area contributed by atoms with Crippen LogP contribution in [0.2, 0.25) is 0 Å². The third-order valence-corrected chi connectivity index (χ3v) is 3.83. The molecule has 0 aliphatic heterocycles. The quantitative estimate of drug-likeness (QED) is 0.427. The number of fused-ring (bicyclic) bond motifs is 1. The molecule has 0 spiro atoms. The Labute approximate surface area is 147 Å². The molecule has 0 aliphatic rings. The number of hydrazone groups is 1. The highest BCUT2D eigenvalue weighted by atomic mass is 16.6. The van der Waals surface area contributed by atoms with E-state index < -0.39 is 10.8 Å². The summed E-state index contributed by atoms with van der Waals surface area (Å²) in [5.74, 6) is -0.538. The van der Waals surface area contributed by atoms with Gasteiger partial charge >= 0.3 is 0 Å². The molecule has 8 nitrogen and oxygen atoms in total. The van der Waals surface area contributed by atoms with Gasteiger partial charge in [0.2, 0.25) is 0 Å². The van der Waals surface area contributed by atoms with Crippen LogP contribution in [0.25, 0.3) is 10.9 Å². The van der Waals surface area contributed by atoms with Gasteiger partial charge in [0.15, 0.2) is 0 Å². The molecule has 1 amide bonds. The summed E-state index contributed by atoms with van der Waals surface area (Å²) in [5.41, 5.74) is 4.09. The van der Waals surface area contributed by atoms with E-state index in [1.165, 1.54) is 30.5 Å².